The Morgan fingerprint density at radius 3 is 2.48 bits per heavy atom. The predicted octanol–water partition coefficient (Wildman–Crippen LogP) is 0.918. The van der Waals surface area contributed by atoms with Crippen LogP contribution in [0.3, 0.4) is 0 Å². The van der Waals surface area contributed by atoms with E-state index < -0.39 is 5.97 Å². The number of aliphatic carboxylic acids is 1. The summed E-state index contributed by atoms with van der Waals surface area (Å²) < 4.78 is 1.56. The van der Waals surface area contributed by atoms with Gasteiger partial charge >= 0.3 is 5.97 Å². The number of amides is 1. The molecule has 1 aromatic carbocycles. The molecule has 1 aliphatic carbocycles. The number of hydrogen-bond donors (Lipinski definition) is 1. The van der Waals surface area contributed by atoms with E-state index in [1.54, 1.807) is 4.68 Å². The van der Waals surface area contributed by atoms with Gasteiger partial charge in [-0.25, -0.2) is 4.68 Å². The van der Waals surface area contributed by atoms with Crippen LogP contribution in [0.1, 0.15) is 24.8 Å². The van der Waals surface area contributed by atoms with Gasteiger partial charge in [-0.05, 0) is 52.8 Å². The average molecular weight is 341 g/mol. The molecule has 1 spiro atoms. The largest absolute Gasteiger partial charge is 0.481 e. The summed E-state index contributed by atoms with van der Waals surface area (Å²) in [4.78, 5) is 25.5. The number of hydrogen-bond acceptors (Lipinski definition) is 5. The average Bonchev–Trinajstić information content (AvgIpc) is 3.06. The summed E-state index contributed by atoms with van der Waals surface area (Å²) in [6.45, 7) is 1.32. The van der Waals surface area contributed by atoms with E-state index in [0.717, 1.165) is 30.5 Å². The van der Waals surface area contributed by atoms with E-state index in [-0.39, 0.29) is 17.2 Å². The standard InChI is InChI=1S/C17H19N5O3/c23-15(21-7-5-17(6-8-21)10-14(17)16(24)25)9-12-1-3-13(4-2-12)22-11-18-19-20-22/h1-4,11,14H,5-10H2,(H,24,25). The number of nitrogens with zero attached hydrogens (tertiary/aromatic N) is 5. The van der Waals surface area contributed by atoms with Gasteiger partial charge in [-0.15, -0.1) is 5.10 Å². The molecule has 130 valence electrons. The molecule has 8 heteroatoms. The number of carboxylic acids is 1. The smallest absolute Gasteiger partial charge is 0.307 e. The van der Waals surface area contributed by atoms with Crippen LogP contribution in [0.25, 0.3) is 5.69 Å². The van der Waals surface area contributed by atoms with Crippen LogP contribution in [0.2, 0.25) is 0 Å². The van der Waals surface area contributed by atoms with Gasteiger partial charge in [0, 0.05) is 13.1 Å². The van der Waals surface area contributed by atoms with Crippen molar-refractivity contribution in [2.75, 3.05) is 13.1 Å². The van der Waals surface area contributed by atoms with Crippen molar-refractivity contribution in [1.29, 1.82) is 0 Å². The summed E-state index contributed by atoms with van der Waals surface area (Å²) in [5.74, 6) is -0.802. The van der Waals surface area contributed by atoms with Crippen molar-refractivity contribution >= 4 is 11.9 Å². The van der Waals surface area contributed by atoms with Crippen LogP contribution in [0.15, 0.2) is 30.6 Å². The highest BCUT2D eigenvalue weighted by atomic mass is 16.4. The molecule has 1 saturated carbocycles. The molecule has 2 aromatic rings. The molecule has 1 aliphatic heterocycles. The van der Waals surface area contributed by atoms with Crippen LogP contribution in [0, 0.1) is 11.3 Å². The first-order chi connectivity index (χ1) is 12.1. The van der Waals surface area contributed by atoms with Crippen molar-refractivity contribution in [1.82, 2.24) is 25.1 Å². The SMILES string of the molecule is O=C(O)C1CC12CCN(C(=O)Cc1ccc(-n3cnnn3)cc1)CC2. The molecular weight excluding hydrogens is 322 g/mol. The van der Waals surface area contributed by atoms with Crippen molar-refractivity contribution in [3.63, 3.8) is 0 Å². The highest BCUT2D eigenvalue weighted by molar-refractivity contribution is 5.79. The number of carboxylic acid groups (broad SMARTS) is 1. The van der Waals surface area contributed by atoms with Crippen molar-refractivity contribution in [3.8, 4) is 5.69 Å². The van der Waals surface area contributed by atoms with E-state index in [2.05, 4.69) is 15.5 Å². The van der Waals surface area contributed by atoms with Crippen molar-refractivity contribution in [2.24, 2.45) is 11.3 Å². The molecular formula is C17H19N5O3. The Bertz CT molecular complexity index is 779. The van der Waals surface area contributed by atoms with E-state index in [0.29, 0.717) is 19.5 Å². The lowest BCUT2D eigenvalue weighted by Gasteiger charge is -2.32. The Hall–Kier alpha value is -2.77. The summed E-state index contributed by atoms with van der Waals surface area (Å²) in [7, 11) is 0. The zero-order valence-corrected chi connectivity index (χ0v) is 13.7. The van der Waals surface area contributed by atoms with Gasteiger partial charge in [0.15, 0.2) is 0 Å². The van der Waals surface area contributed by atoms with E-state index in [4.69, 9.17) is 5.11 Å². The minimum absolute atomic E-state index is 0.0455. The molecule has 4 rings (SSSR count). The Labute approximate surface area is 144 Å². The number of tetrazole rings is 1. The molecule has 1 saturated heterocycles. The summed E-state index contributed by atoms with van der Waals surface area (Å²) in [6.07, 6.45) is 4.24. The van der Waals surface area contributed by atoms with Crippen molar-refractivity contribution in [3.05, 3.63) is 36.2 Å². The second-order valence-electron chi connectivity index (χ2n) is 6.94. The van der Waals surface area contributed by atoms with Gasteiger partial charge in [-0.1, -0.05) is 12.1 Å². The number of likely N-dealkylation sites (tertiary alicyclic amines) is 1. The number of piperidine rings is 1. The van der Waals surface area contributed by atoms with E-state index in [9.17, 15) is 9.59 Å². The first kappa shape index (κ1) is 15.7. The quantitative estimate of drug-likeness (QED) is 0.887. The predicted molar refractivity (Wildman–Crippen MR) is 86.8 cm³/mol. The van der Waals surface area contributed by atoms with Gasteiger partial charge in [0.25, 0.3) is 0 Å². The van der Waals surface area contributed by atoms with Crippen LogP contribution < -0.4 is 0 Å². The Morgan fingerprint density at radius 2 is 1.92 bits per heavy atom. The fourth-order valence-electron chi connectivity index (χ4n) is 3.78. The molecule has 0 radical (unpaired) electrons. The van der Waals surface area contributed by atoms with Crippen LogP contribution in [0.4, 0.5) is 0 Å². The summed E-state index contributed by atoms with van der Waals surface area (Å²) in [6, 6.07) is 7.57. The molecule has 0 bridgehead atoms. The minimum atomic E-state index is -0.692. The summed E-state index contributed by atoms with van der Waals surface area (Å²) in [5.41, 5.74) is 1.74. The number of carbonyl (C=O) groups is 2. The van der Waals surface area contributed by atoms with Gasteiger partial charge in [0.1, 0.15) is 6.33 Å². The van der Waals surface area contributed by atoms with E-state index in [1.165, 1.54) is 6.33 Å². The number of carbonyl (C=O) groups excluding carboxylic acids is 1. The number of aromatic nitrogens is 4. The topological polar surface area (TPSA) is 101 Å². The lowest BCUT2D eigenvalue weighted by molar-refractivity contribution is -0.139. The third-order valence-electron chi connectivity index (χ3n) is 5.50. The first-order valence-corrected chi connectivity index (χ1v) is 8.40. The molecule has 2 heterocycles. The van der Waals surface area contributed by atoms with Gasteiger partial charge in [-0.2, -0.15) is 0 Å². The van der Waals surface area contributed by atoms with Crippen LogP contribution in [-0.4, -0.2) is 55.2 Å². The minimum Gasteiger partial charge on any atom is -0.481 e. The molecule has 25 heavy (non-hydrogen) atoms. The van der Waals surface area contributed by atoms with Gasteiger partial charge < -0.3 is 10.0 Å². The molecule has 1 unspecified atom stereocenters. The monoisotopic (exact) mass is 341 g/mol. The zero-order chi connectivity index (χ0) is 17.4. The Balaban J connectivity index is 1.33. The normalized spacial score (nSPS) is 21.3. The molecule has 1 N–H and O–H groups in total. The molecule has 2 fully saturated rings. The zero-order valence-electron chi connectivity index (χ0n) is 13.7. The fraction of sp³-hybridized carbons (Fsp3) is 0.471. The summed E-state index contributed by atoms with van der Waals surface area (Å²) >= 11 is 0. The third-order valence-corrected chi connectivity index (χ3v) is 5.50. The second-order valence-corrected chi connectivity index (χ2v) is 6.94. The Kier molecular flexibility index (Phi) is 3.74. The first-order valence-electron chi connectivity index (χ1n) is 8.40. The fourth-order valence-corrected chi connectivity index (χ4v) is 3.78. The van der Waals surface area contributed by atoms with E-state index >= 15 is 0 Å². The lowest BCUT2D eigenvalue weighted by Crippen LogP contribution is -2.40. The van der Waals surface area contributed by atoms with Gasteiger partial charge in [0.2, 0.25) is 5.91 Å². The van der Waals surface area contributed by atoms with Crippen LogP contribution >= 0.6 is 0 Å². The highest BCUT2D eigenvalue weighted by Gasteiger charge is 2.59. The molecule has 1 atom stereocenters. The molecule has 1 aromatic heterocycles. The molecule has 2 aliphatic rings. The lowest BCUT2D eigenvalue weighted by atomic mass is 9.90. The van der Waals surface area contributed by atoms with Crippen molar-refractivity contribution in [2.45, 2.75) is 25.7 Å². The summed E-state index contributed by atoms with van der Waals surface area (Å²) in [5, 5.41) is 20.2. The number of rotatable bonds is 4. The maximum Gasteiger partial charge on any atom is 0.307 e. The van der Waals surface area contributed by atoms with E-state index in [1.807, 2.05) is 29.2 Å². The highest BCUT2D eigenvalue weighted by Crippen LogP contribution is 2.59. The van der Waals surface area contributed by atoms with Crippen molar-refractivity contribution < 1.29 is 14.7 Å². The number of benzene rings is 1. The maximum atomic E-state index is 12.5. The molecule has 8 nitrogen and oxygen atoms in total. The Morgan fingerprint density at radius 1 is 1.20 bits per heavy atom. The van der Waals surface area contributed by atoms with Gasteiger partial charge in [-0.3, -0.25) is 9.59 Å². The van der Waals surface area contributed by atoms with Crippen LogP contribution in [0.5, 0.6) is 0 Å². The maximum absolute atomic E-state index is 12.5. The molecule has 1 amide bonds. The van der Waals surface area contributed by atoms with Gasteiger partial charge in [0.05, 0.1) is 18.0 Å². The van der Waals surface area contributed by atoms with Crippen LogP contribution in [-0.2, 0) is 16.0 Å². The third kappa shape index (κ3) is 2.99. The second kappa shape index (κ2) is 5.94.